The van der Waals surface area contributed by atoms with Gasteiger partial charge in [-0.2, -0.15) is 18.4 Å². The van der Waals surface area contributed by atoms with Gasteiger partial charge >= 0.3 is 6.18 Å². The minimum atomic E-state index is -4.43. The minimum Gasteiger partial charge on any atom is -0.347 e. The lowest BCUT2D eigenvalue weighted by molar-refractivity contribution is -0.212. The standard InChI is InChI=1S/C35H49F3N2O2/c1-21-15-25-31(6)16-22(19-39)28(42)30(4,5)24(31)9-10-32(25,7)33(8)12-14-34(18-26(41)40-20-35(36,37)38)13-11-29(2,3)17-23(34)27(21)33/h16,23-25,27H,1,9-15,17-18,20H2,2-8H3,(H,40,41)/t23?,24-,25+,27?,31-,32+,33+,34+/m0/s1. The number of fused-ring (bicyclic) bond motifs is 7. The number of carbonyl (C=O) groups excluding carboxylic acids is 2. The molecule has 8 atom stereocenters. The predicted molar refractivity (Wildman–Crippen MR) is 157 cm³/mol. The number of alkyl halides is 3. The van der Waals surface area contributed by atoms with Crippen molar-refractivity contribution in [3.8, 4) is 6.07 Å². The lowest BCUT2D eigenvalue weighted by atomic mass is 9.31. The molecule has 0 aromatic heterocycles. The number of allylic oxidation sites excluding steroid dienone is 3. The Hall–Kier alpha value is -2.10. The summed E-state index contributed by atoms with van der Waals surface area (Å²) in [6, 6.07) is 2.22. The van der Waals surface area contributed by atoms with E-state index >= 15 is 0 Å². The van der Waals surface area contributed by atoms with Gasteiger partial charge < -0.3 is 5.32 Å². The maximum Gasteiger partial charge on any atom is 0.405 e. The van der Waals surface area contributed by atoms with Crippen LogP contribution in [-0.4, -0.2) is 24.4 Å². The Balaban J connectivity index is 1.55. The second kappa shape index (κ2) is 9.45. The SMILES string of the molecule is C=C1C[C@@H]2[C@@]3(C)C=C(C#N)C(=O)C(C)(C)[C@@H]3CC[C@@]2(C)[C@]2(C)CC[C@@]3(CC(=O)NCC(F)(F)F)CCC(C)(C)CC3C12. The van der Waals surface area contributed by atoms with Crippen LogP contribution in [0.5, 0.6) is 0 Å². The lowest BCUT2D eigenvalue weighted by Crippen LogP contribution is -2.67. The molecule has 4 fully saturated rings. The van der Waals surface area contributed by atoms with Gasteiger partial charge in [0.2, 0.25) is 5.91 Å². The topological polar surface area (TPSA) is 70.0 Å². The molecule has 4 nitrogen and oxygen atoms in total. The van der Waals surface area contributed by atoms with Crippen molar-refractivity contribution in [2.75, 3.05) is 6.54 Å². The molecular formula is C35H49F3N2O2. The van der Waals surface area contributed by atoms with Gasteiger partial charge in [-0.1, -0.05) is 66.7 Å². The van der Waals surface area contributed by atoms with Gasteiger partial charge in [0.15, 0.2) is 5.78 Å². The summed E-state index contributed by atoms with van der Waals surface area (Å²) in [6.07, 6.45) is 4.85. The summed E-state index contributed by atoms with van der Waals surface area (Å²) in [6.45, 7) is 19.2. The molecule has 0 spiro atoms. The zero-order valence-corrected chi connectivity index (χ0v) is 26.6. The number of nitrogens with zero attached hydrogens (tertiary/aromatic N) is 1. The van der Waals surface area contributed by atoms with Crippen molar-refractivity contribution in [3.63, 3.8) is 0 Å². The molecule has 0 saturated heterocycles. The van der Waals surface area contributed by atoms with Crippen LogP contribution < -0.4 is 5.32 Å². The normalized spacial score (nSPS) is 44.0. The van der Waals surface area contributed by atoms with Crippen LogP contribution in [-0.2, 0) is 9.59 Å². The van der Waals surface area contributed by atoms with E-state index in [0.29, 0.717) is 0 Å². The summed E-state index contributed by atoms with van der Waals surface area (Å²) in [4.78, 5) is 26.3. The van der Waals surface area contributed by atoms with Crippen LogP contribution in [0, 0.1) is 67.5 Å². The molecule has 5 aliphatic carbocycles. The molecule has 0 bridgehead atoms. The van der Waals surface area contributed by atoms with Crippen molar-refractivity contribution in [1.82, 2.24) is 5.32 Å². The van der Waals surface area contributed by atoms with E-state index in [2.05, 4.69) is 46.0 Å². The number of rotatable bonds is 3. The fourth-order valence-electron chi connectivity index (χ4n) is 11.5. The number of hydrogen-bond acceptors (Lipinski definition) is 3. The van der Waals surface area contributed by atoms with Gasteiger partial charge in [0.25, 0.3) is 0 Å². The van der Waals surface area contributed by atoms with Crippen LogP contribution in [0.3, 0.4) is 0 Å². The Morgan fingerprint density at radius 1 is 1.02 bits per heavy atom. The first kappa shape index (κ1) is 31.3. The van der Waals surface area contributed by atoms with Crippen molar-refractivity contribution in [2.45, 2.75) is 112 Å². The highest BCUT2D eigenvalue weighted by atomic mass is 19.4. The quantitative estimate of drug-likeness (QED) is 0.338. The molecule has 1 N–H and O–H groups in total. The summed E-state index contributed by atoms with van der Waals surface area (Å²) in [5.41, 5.74) is 0.0671. The second-order valence-electron chi connectivity index (χ2n) is 16.8. The number of amides is 1. The molecule has 232 valence electrons. The predicted octanol–water partition coefficient (Wildman–Crippen LogP) is 8.34. The molecule has 4 saturated carbocycles. The van der Waals surface area contributed by atoms with Crippen molar-refractivity contribution in [2.24, 2.45) is 56.2 Å². The second-order valence-corrected chi connectivity index (χ2v) is 16.8. The van der Waals surface area contributed by atoms with Gasteiger partial charge in [-0.25, -0.2) is 0 Å². The van der Waals surface area contributed by atoms with Crippen LogP contribution in [0.4, 0.5) is 13.2 Å². The highest BCUT2D eigenvalue weighted by molar-refractivity contribution is 6.04. The summed E-state index contributed by atoms with van der Waals surface area (Å²) < 4.78 is 38.8. The third kappa shape index (κ3) is 4.43. The van der Waals surface area contributed by atoms with Gasteiger partial charge in [-0.05, 0) is 102 Å². The van der Waals surface area contributed by atoms with E-state index in [9.17, 15) is 28.0 Å². The van der Waals surface area contributed by atoms with Gasteiger partial charge in [0.1, 0.15) is 12.6 Å². The van der Waals surface area contributed by atoms with E-state index in [-0.39, 0.29) is 68.5 Å². The van der Waals surface area contributed by atoms with Crippen LogP contribution in [0.25, 0.3) is 0 Å². The summed E-state index contributed by atoms with van der Waals surface area (Å²) in [5.74, 6) is 0.136. The first-order valence-corrected chi connectivity index (χ1v) is 15.8. The molecule has 5 rings (SSSR count). The van der Waals surface area contributed by atoms with Crippen LogP contribution in [0.1, 0.15) is 106 Å². The molecule has 0 aliphatic heterocycles. The van der Waals surface area contributed by atoms with Gasteiger partial charge in [0.05, 0.1) is 5.57 Å². The molecule has 42 heavy (non-hydrogen) atoms. The lowest BCUT2D eigenvalue weighted by Gasteiger charge is -2.73. The van der Waals surface area contributed by atoms with Crippen LogP contribution in [0.2, 0.25) is 0 Å². The van der Waals surface area contributed by atoms with Crippen LogP contribution in [0.15, 0.2) is 23.8 Å². The van der Waals surface area contributed by atoms with Crippen molar-refractivity contribution in [3.05, 3.63) is 23.8 Å². The zero-order valence-electron chi connectivity index (χ0n) is 26.6. The number of ketones is 1. The van der Waals surface area contributed by atoms with E-state index < -0.39 is 24.0 Å². The summed E-state index contributed by atoms with van der Waals surface area (Å²) in [7, 11) is 0. The van der Waals surface area contributed by atoms with Gasteiger partial charge in [0, 0.05) is 11.8 Å². The smallest absolute Gasteiger partial charge is 0.347 e. The molecule has 0 heterocycles. The third-order valence-corrected chi connectivity index (χ3v) is 13.8. The first-order chi connectivity index (χ1) is 19.2. The number of halogens is 3. The monoisotopic (exact) mass is 586 g/mol. The van der Waals surface area contributed by atoms with E-state index in [0.717, 1.165) is 51.4 Å². The molecule has 0 aromatic carbocycles. The number of carbonyl (C=O) groups is 2. The van der Waals surface area contributed by atoms with Crippen molar-refractivity contribution in [1.29, 1.82) is 5.26 Å². The number of nitriles is 1. The first-order valence-electron chi connectivity index (χ1n) is 15.8. The number of Topliss-reactive ketones (excluding diaryl/α,β-unsaturated/α-hetero) is 1. The fraction of sp³-hybridized carbons (Fsp3) is 0.800. The summed E-state index contributed by atoms with van der Waals surface area (Å²) in [5, 5.41) is 12.1. The highest BCUT2D eigenvalue weighted by Gasteiger charge is 2.71. The maximum atomic E-state index is 13.3. The van der Waals surface area contributed by atoms with E-state index in [1.165, 1.54) is 5.57 Å². The molecule has 2 unspecified atom stereocenters. The molecule has 5 aliphatic rings. The average Bonchev–Trinajstić information content (AvgIpc) is 2.87. The van der Waals surface area contributed by atoms with Gasteiger partial charge in [-0.3, -0.25) is 9.59 Å². The number of hydrogen-bond donors (Lipinski definition) is 1. The maximum absolute atomic E-state index is 13.3. The average molecular weight is 587 g/mol. The van der Waals surface area contributed by atoms with Crippen molar-refractivity contribution < 1.29 is 22.8 Å². The van der Waals surface area contributed by atoms with Crippen LogP contribution >= 0.6 is 0 Å². The van der Waals surface area contributed by atoms with E-state index in [4.69, 9.17) is 6.58 Å². The van der Waals surface area contributed by atoms with Crippen molar-refractivity contribution >= 4 is 11.7 Å². The largest absolute Gasteiger partial charge is 0.405 e. The van der Waals surface area contributed by atoms with E-state index in [1.54, 1.807) is 0 Å². The molecule has 0 aromatic rings. The fourth-order valence-corrected chi connectivity index (χ4v) is 11.5. The number of nitrogens with one attached hydrogen (secondary N) is 1. The highest BCUT2D eigenvalue weighted by Crippen LogP contribution is 2.77. The van der Waals surface area contributed by atoms with E-state index in [1.807, 2.05) is 19.9 Å². The Morgan fingerprint density at radius 3 is 2.29 bits per heavy atom. The Bertz CT molecular complexity index is 1270. The third-order valence-electron chi connectivity index (χ3n) is 13.8. The molecule has 7 heteroatoms. The minimum absolute atomic E-state index is 0.0505. The Kier molecular flexibility index (Phi) is 7.05. The van der Waals surface area contributed by atoms with Gasteiger partial charge in [-0.15, -0.1) is 0 Å². The summed E-state index contributed by atoms with van der Waals surface area (Å²) >= 11 is 0. The molecule has 0 radical (unpaired) electrons. The zero-order chi connectivity index (χ0) is 31.3. The Morgan fingerprint density at radius 2 is 1.67 bits per heavy atom. The molecule has 1 amide bonds. The Labute approximate surface area is 250 Å². The molecular weight excluding hydrogens is 537 g/mol.